The van der Waals surface area contributed by atoms with Gasteiger partial charge < -0.3 is 9.32 Å². The first-order chi connectivity index (χ1) is 12.8. The lowest BCUT2D eigenvalue weighted by molar-refractivity contribution is -0.133. The highest BCUT2D eigenvalue weighted by Crippen LogP contribution is 2.32. The van der Waals surface area contributed by atoms with Crippen LogP contribution in [0.5, 0.6) is 0 Å². The first-order valence-electron chi connectivity index (χ1n) is 8.59. The van der Waals surface area contributed by atoms with Crippen molar-refractivity contribution in [2.45, 2.75) is 25.8 Å². The van der Waals surface area contributed by atoms with Crippen molar-refractivity contribution in [1.82, 2.24) is 9.80 Å². The van der Waals surface area contributed by atoms with Crippen molar-refractivity contribution in [1.29, 1.82) is 0 Å². The van der Waals surface area contributed by atoms with Crippen LogP contribution >= 0.6 is 24.0 Å². The monoisotopic (exact) mass is 428 g/mol. The van der Waals surface area contributed by atoms with E-state index in [1.807, 2.05) is 6.92 Å². The zero-order valence-electron chi connectivity index (χ0n) is 14.8. The number of nitrogens with zero attached hydrogens (tertiary/aromatic N) is 2. The summed E-state index contributed by atoms with van der Waals surface area (Å²) in [6.45, 7) is 2.44. The molecule has 0 spiro atoms. The lowest BCUT2D eigenvalue weighted by Crippen LogP contribution is -2.42. The molecule has 0 saturated carbocycles. The molecule has 1 atom stereocenters. The Balaban J connectivity index is 1.61. The topological polar surface area (TPSA) is 87.9 Å². The van der Waals surface area contributed by atoms with E-state index >= 15 is 0 Å². The zero-order chi connectivity index (χ0) is 19.6. The van der Waals surface area contributed by atoms with E-state index in [1.54, 1.807) is 23.1 Å². The lowest BCUT2D eigenvalue weighted by Gasteiger charge is -2.27. The van der Waals surface area contributed by atoms with Crippen LogP contribution in [0.1, 0.15) is 25.5 Å². The molecule has 0 unspecified atom stereocenters. The minimum Gasteiger partial charge on any atom is -0.465 e. The van der Waals surface area contributed by atoms with E-state index < -0.39 is 9.84 Å². The van der Waals surface area contributed by atoms with Gasteiger partial charge in [0.2, 0.25) is 5.91 Å². The molecule has 0 N–H and O–H groups in total. The molecule has 2 aliphatic heterocycles. The maximum Gasteiger partial charge on any atom is 0.266 e. The molecule has 1 aromatic heterocycles. The summed E-state index contributed by atoms with van der Waals surface area (Å²) in [5.41, 5.74) is 0. The standard InChI is InChI=1S/C17H20N2O5S3/c1-2-18(12-6-9-27(22,23)11-12)15(20)5-7-19-16(21)14(26-17(19)25)10-13-4-3-8-24-13/h3-4,8,10,12H,2,5-7,9,11H2,1H3/b14-10+/t12-/m1/s1. The highest BCUT2D eigenvalue weighted by Gasteiger charge is 2.36. The second kappa shape index (κ2) is 8.15. The normalized spacial score (nSPS) is 23.4. The number of carbonyl (C=O) groups is 2. The SMILES string of the molecule is CCN(C(=O)CCN1C(=O)/C(=C\c2ccco2)SC1=S)[C@@H]1CCS(=O)(=O)C1. The van der Waals surface area contributed by atoms with Crippen LogP contribution in [-0.4, -0.2) is 65.0 Å². The van der Waals surface area contributed by atoms with Crippen molar-refractivity contribution in [2.24, 2.45) is 0 Å². The third-order valence-electron chi connectivity index (χ3n) is 4.55. The molecular weight excluding hydrogens is 408 g/mol. The maximum atomic E-state index is 12.6. The van der Waals surface area contributed by atoms with E-state index in [-0.39, 0.29) is 42.3 Å². The molecular formula is C17H20N2O5S3. The minimum absolute atomic E-state index is 0.0134. The number of rotatable bonds is 6. The average Bonchev–Trinajstić information content (AvgIpc) is 3.29. The Labute approximate surface area is 167 Å². The zero-order valence-corrected chi connectivity index (χ0v) is 17.2. The first-order valence-corrected chi connectivity index (χ1v) is 11.6. The van der Waals surface area contributed by atoms with Crippen LogP contribution in [0.2, 0.25) is 0 Å². The van der Waals surface area contributed by atoms with Gasteiger partial charge >= 0.3 is 0 Å². The van der Waals surface area contributed by atoms with Crippen LogP contribution in [0, 0.1) is 0 Å². The Kier molecular flexibility index (Phi) is 6.07. The third kappa shape index (κ3) is 4.61. The molecule has 7 nitrogen and oxygen atoms in total. The average molecular weight is 429 g/mol. The van der Waals surface area contributed by atoms with E-state index in [1.165, 1.54) is 22.9 Å². The first kappa shape index (κ1) is 20.1. The highest BCUT2D eigenvalue weighted by molar-refractivity contribution is 8.26. The third-order valence-corrected chi connectivity index (χ3v) is 7.68. The molecule has 3 heterocycles. The number of thioether (sulfide) groups is 1. The Morgan fingerprint density at radius 1 is 1.52 bits per heavy atom. The van der Waals surface area contributed by atoms with Gasteiger partial charge in [-0.25, -0.2) is 8.42 Å². The number of amides is 2. The van der Waals surface area contributed by atoms with Gasteiger partial charge in [-0.1, -0.05) is 24.0 Å². The number of hydrogen-bond acceptors (Lipinski definition) is 7. The molecule has 10 heteroatoms. The number of thiocarbonyl (C=S) groups is 1. The van der Waals surface area contributed by atoms with Crippen LogP contribution in [0.3, 0.4) is 0 Å². The summed E-state index contributed by atoms with van der Waals surface area (Å²) >= 11 is 6.44. The summed E-state index contributed by atoms with van der Waals surface area (Å²) in [6.07, 6.45) is 3.72. The van der Waals surface area contributed by atoms with Crippen LogP contribution in [0.15, 0.2) is 27.7 Å². The largest absolute Gasteiger partial charge is 0.465 e. The van der Waals surface area contributed by atoms with E-state index in [4.69, 9.17) is 16.6 Å². The molecule has 3 rings (SSSR count). The van der Waals surface area contributed by atoms with Gasteiger partial charge in [0.15, 0.2) is 9.84 Å². The Bertz CT molecular complexity index is 876. The quantitative estimate of drug-likeness (QED) is 0.505. The van der Waals surface area contributed by atoms with Crippen molar-refractivity contribution in [3.8, 4) is 0 Å². The van der Waals surface area contributed by atoms with Gasteiger partial charge in [-0.3, -0.25) is 14.5 Å². The van der Waals surface area contributed by atoms with Gasteiger partial charge in [-0.2, -0.15) is 0 Å². The van der Waals surface area contributed by atoms with Gasteiger partial charge in [0, 0.05) is 31.6 Å². The second-order valence-corrected chi connectivity index (χ2v) is 10.2. The molecule has 0 aromatic carbocycles. The predicted octanol–water partition coefficient (Wildman–Crippen LogP) is 1.91. The van der Waals surface area contributed by atoms with Crippen molar-refractivity contribution < 1.29 is 22.4 Å². The Hall–Kier alpha value is -1.65. The molecule has 0 aliphatic carbocycles. The summed E-state index contributed by atoms with van der Waals surface area (Å²) in [4.78, 5) is 28.6. The summed E-state index contributed by atoms with van der Waals surface area (Å²) in [7, 11) is -3.06. The molecule has 2 fully saturated rings. The van der Waals surface area contributed by atoms with Crippen LogP contribution in [-0.2, 0) is 19.4 Å². The number of carbonyl (C=O) groups excluding carboxylic acids is 2. The molecule has 2 amide bonds. The fourth-order valence-corrected chi connectivity index (χ4v) is 6.23. The molecule has 2 aliphatic rings. The van der Waals surface area contributed by atoms with Gasteiger partial charge in [0.25, 0.3) is 5.91 Å². The lowest BCUT2D eigenvalue weighted by atomic mass is 10.2. The van der Waals surface area contributed by atoms with E-state index in [2.05, 4.69) is 0 Å². The molecule has 27 heavy (non-hydrogen) atoms. The van der Waals surface area contributed by atoms with Crippen molar-refractivity contribution >= 4 is 56.0 Å². The fraction of sp³-hybridized carbons (Fsp3) is 0.471. The van der Waals surface area contributed by atoms with E-state index in [0.717, 1.165) is 0 Å². The van der Waals surface area contributed by atoms with Gasteiger partial charge in [-0.05, 0) is 25.5 Å². The van der Waals surface area contributed by atoms with Gasteiger partial charge in [0.05, 0.1) is 22.7 Å². The number of sulfone groups is 1. The predicted molar refractivity (Wildman–Crippen MR) is 108 cm³/mol. The van der Waals surface area contributed by atoms with Gasteiger partial charge in [-0.15, -0.1) is 0 Å². The fourth-order valence-electron chi connectivity index (χ4n) is 3.21. The van der Waals surface area contributed by atoms with Crippen LogP contribution < -0.4 is 0 Å². The summed E-state index contributed by atoms with van der Waals surface area (Å²) in [5, 5.41) is 0. The van der Waals surface area contributed by atoms with Crippen molar-refractivity contribution in [3.05, 3.63) is 29.1 Å². The van der Waals surface area contributed by atoms with Crippen molar-refractivity contribution in [3.63, 3.8) is 0 Å². The Morgan fingerprint density at radius 3 is 2.89 bits per heavy atom. The maximum absolute atomic E-state index is 12.6. The second-order valence-electron chi connectivity index (χ2n) is 6.34. The number of furan rings is 1. The summed E-state index contributed by atoms with van der Waals surface area (Å²) in [5.74, 6) is 0.281. The molecule has 2 saturated heterocycles. The number of hydrogen-bond donors (Lipinski definition) is 0. The van der Waals surface area contributed by atoms with Crippen molar-refractivity contribution in [2.75, 3.05) is 24.6 Å². The smallest absolute Gasteiger partial charge is 0.266 e. The molecule has 0 radical (unpaired) electrons. The highest BCUT2D eigenvalue weighted by atomic mass is 32.2. The van der Waals surface area contributed by atoms with Crippen LogP contribution in [0.4, 0.5) is 0 Å². The van der Waals surface area contributed by atoms with Crippen LogP contribution in [0.25, 0.3) is 6.08 Å². The Morgan fingerprint density at radius 2 is 2.30 bits per heavy atom. The summed E-state index contributed by atoms with van der Waals surface area (Å²) in [6, 6.07) is 3.19. The van der Waals surface area contributed by atoms with E-state index in [0.29, 0.717) is 28.0 Å². The molecule has 146 valence electrons. The minimum atomic E-state index is -3.06. The molecule has 1 aromatic rings. The van der Waals surface area contributed by atoms with Gasteiger partial charge in [0.1, 0.15) is 10.1 Å². The summed E-state index contributed by atoms with van der Waals surface area (Å²) < 4.78 is 29.0. The molecule has 0 bridgehead atoms. The van der Waals surface area contributed by atoms with E-state index in [9.17, 15) is 18.0 Å².